The van der Waals surface area contributed by atoms with Crippen molar-refractivity contribution in [1.82, 2.24) is 0 Å². The van der Waals surface area contributed by atoms with Crippen LogP contribution >= 0.6 is 15.9 Å². The first-order valence-electron chi connectivity index (χ1n) is 5.75. The highest BCUT2D eigenvalue weighted by atomic mass is 79.9. The molecule has 0 radical (unpaired) electrons. The molecule has 0 amide bonds. The molecule has 0 spiro atoms. The molecule has 1 aliphatic carbocycles. The molecule has 0 aliphatic heterocycles. The molecule has 92 valence electrons. The Morgan fingerprint density at radius 1 is 1.59 bits per heavy atom. The molecule has 0 N–H and O–H groups in total. The highest BCUT2D eigenvalue weighted by Gasteiger charge is 2.38. The van der Waals surface area contributed by atoms with Crippen molar-refractivity contribution in [2.75, 3.05) is 6.61 Å². The predicted octanol–water partition coefficient (Wildman–Crippen LogP) is 3.59. The third-order valence-corrected chi connectivity index (χ3v) is 3.48. The van der Waals surface area contributed by atoms with Gasteiger partial charge < -0.3 is 4.74 Å². The molecular weight excluding hydrogens is 287 g/mol. The first-order chi connectivity index (χ1) is 8.15. The van der Waals surface area contributed by atoms with E-state index < -0.39 is 11.9 Å². The van der Waals surface area contributed by atoms with Gasteiger partial charge in [0.25, 0.3) is 0 Å². The predicted molar refractivity (Wildman–Crippen MR) is 66.6 cm³/mol. The number of benzene rings is 1. The summed E-state index contributed by atoms with van der Waals surface area (Å²) in [6.07, 6.45) is 1.50. The fourth-order valence-corrected chi connectivity index (χ4v) is 2.22. The molecule has 1 unspecified atom stereocenters. The first-order valence-corrected chi connectivity index (χ1v) is 6.54. The quantitative estimate of drug-likeness (QED) is 0.777. The van der Waals surface area contributed by atoms with E-state index in [1.54, 1.807) is 12.1 Å². The Morgan fingerprint density at radius 2 is 2.29 bits per heavy atom. The van der Waals surface area contributed by atoms with Gasteiger partial charge in [-0.3, -0.25) is 4.79 Å². The van der Waals surface area contributed by atoms with Crippen LogP contribution in [0.3, 0.4) is 0 Å². The topological polar surface area (TPSA) is 26.3 Å². The molecule has 4 heteroatoms. The van der Waals surface area contributed by atoms with Crippen LogP contribution in [0.25, 0.3) is 0 Å². The van der Waals surface area contributed by atoms with Gasteiger partial charge in [-0.15, -0.1) is 0 Å². The molecule has 2 rings (SSSR count). The average Bonchev–Trinajstić information content (AvgIpc) is 3.13. The van der Waals surface area contributed by atoms with Gasteiger partial charge in [0.1, 0.15) is 11.9 Å². The van der Waals surface area contributed by atoms with Crippen LogP contribution in [0.2, 0.25) is 0 Å². The van der Waals surface area contributed by atoms with Crippen molar-refractivity contribution >= 4 is 21.7 Å². The summed E-state index contributed by atoms with van der Waals surface area (Å²) < 4.78 is 19.6. The van der Waals surface area contributed by atoms with Crippen LogP contribution in [0.4, 0.5) is 4.39 Å². The lowest BCUT2D eigenvalue weighted by Crippen LogP contribution is -2.27. The summed E-state index contributed by atoms with van der Waals surface area (Å²) >= 11 is 3.09. The van der Waals surface area contributed by atoms with Crippen LogP contribution in [0.1, 0.15) is 30.1 Å². The van der Waals surface area contributed by atoms with E-state index in [4.69, 9.17) is 4.74 Å². The monoisotopic (exact) mass is 300 g/mol. The number of ketones is 1. The Hall–Kier alpha value is -0.740. The zero-order valence-electron chi connectivity index (χ0n) is 9.58. The smallest absolute Gasteiger partial charge is 0.194 e. The van der Waals surface area contributed by atoms with Gasteiger partial charge in [0, 0.05) is 6.61 Å². The Kier molecular flexibility index (Phi) is 3.94. The fourth-order valence-electron chi connectivity index (χ4n) is 1.85. The van der Waals surface area contributed by atoms with Gasteiger partial charge >= 0.3 is 0 Å². The number of hydrogen-bond donors (Lipinski definition) is 0. The third-order valence-electron chi connectivity index (χ3n) is 2.87. The van der Waals surface area contributed by atoms with Crippen LogP contribution in [-0.2, 0) is 4.74 Å². The minimum Gasteiger partial charge on any atom is -0.370 e. The Morgan fingerprint density at radius 3 is 2.88 bits per heavy atom. The molecular formula is C13H14BrFO2. The van der Waals surface area contributed by atoms with Crippen LogP contribution in [0, 0.1) is 11.7 Å². The molecule has 1 aromatic rings. The van der Waals surface area contributed by atoms with E-state index in [0.717, 1.165) is 12.8 Å². The summed E-state index contributed by atoms with van der Waals surface area (Å²) in [6.45, 7) is 2.32. The van der Waals surface area contributed by atoms with Gasteiger partial charge in [-0.2, -0.15) is 0 Å². The van der Waals surface area contributed by atoms with Crippen molar-refractivity contribution in [2.45, 2.75) is 25.9 Å². The van der Waals surface area contributed by atoms with Crippen molar-refractivity contribution in [3.8, 4) is 0 Å². The van der Waals surface area contributed by atoms with Crippen molar-refractivity contribution in [3.63, 3.8) is 0 Å². The molecule has 0 saturated heterocycles. The minimum absolute atomic E-state index is 0.115. The van der Waals surface area contributed by atoms with Crippen molar-refractivity contribution in [3.05, 3.63) is 34.1 Å². The number of carbonyl (C=O) groups excluding carboxylic acids is 1. The van der Waals surface area contributed by atoms with Gasteiger partial charge in [0.2, 0.25) is 0 Å². The number of hydrogen-bond acceptors (Lipinski definition) is 2. The number of carbonyl (C=O) groups is 1. The normalized spacial score (nSPS) is 16.9. The summed E-state index contributed by atoms with van der Waals surface area (Å²) in [5.74, 6) is -0.475. The largest absolute Gasteiger partial charge is 0.370 e. The van der Waals surface area contributed by atoms with Gasteiger partial charge in [-0.25, -0.2) is 4.39 Å². The van der Waals surface area contributed by atoms with E-state index in [2.05, 4.69) is 15.9 Å². The lowest BCUT2D eigenvalue weighted by molar-refractivity contribution is 0.0371. The van der Waals surface area contributed by atoms with Crippen LogP contribution in [-0.4, -0.2) is 18.5 Å². The van der Waals surface area contributed by atoms with E-state index in [1.807, 2.05) is 6.92 Å². The molecule has 1 aliphatic rings. The Balaban J connectivity index is 2.25. The van der Waals surface area contributed by atoms with Crippen LogP contribution < -0.4 is 0 Å². The molecule has 1 atom stereocenters. The van der Waals surface area contributed by atoms with Crippen LogP contribution in [0.5, 0.6) is 0 Å². The highest BCUT2D eigenvalue weighted by molar-refractivity contribution is 9.10. The lowest BCUT2D eigenvalue weighted by Gasteiger charge is -2.15. The second-order valence-corrected chi connectivity index (χ2v) is 5.03. The molecule has 2 nitrogen and oxygen atoms in total. The minimum atomic E-state index is -0.497. The fraction of sp³-hybridized carbons (Fsp3) is 0.462. The molecule has 0 heterocycles. The first kappa shape index (κ1) is 12.7. The van der Waals surface area contributed by atoms with Gasteiger partial charge in [-0.1, -0.05) is 6.07 Å². The molecule has 1 saturated carbocycles. The van der Waals surface area contributed by atoms with E-state index in [0.29, 0.717) is 11.1 Å². The average molecular weight is 301 g/mol. The maximum atomic E-state index is 13.8. The summed E-state index contributed by atoms with van der Waals surface area (Å²) in [7, 11) is 0. The molecule has 1 aromatic carbocycles. The van der Waals surface area contributed by atoms with Crippen molar-refractivity contribution < 1.29 is 13.9 Å². The number of halogens is 2. The third kappa shape index (κ3) is 2.75. The van der Waals surface area contributed by atoms with E-state index in [9.17, 15) is 9.18 Å². The van der Waals surface area contributed by atoms with Gasteiger partial charge in [0.05, 0.1) is 10.0 Å². The van der Waals surface area contributed by atoms with E-state index >= 15 is 0 Å². The summed E-state index contributed by atoms with van der Waals surface area (Å²) in [6, 6.07) is 4.76. The molecule has 17 heavy (non-hydrogen) atoms. The van der Waals surface area contributed by atoms with Crippen molar-refractivity contribution in [1.29, 1.82) is 0 Å². The van der Waals surface area contributed by atoms with Crippen molar-refractivity contribution in [2.24, 2.45) is 5.92 Å². The number of ether oxygens (including phenoxy) is 1. The van der Waals surface area contributed by atoms with Gasteiger partial charge in [0.15, 0.2) is 5.78 Å². The standard InChI is InChI=1S/C13H14BrFO2/c1-2-17-13(8-6-7-8)12(16)9-4-3-5-10(14)11(9)15/h3-5,8,13H,2,6-7H2,1H3. The summed E-state index contributed by atoms with van der Waals surface area (Å²) in [5.41, 5.74) is 0.115. The highest BCUT2D eigenvalue weighted by Crippen LogP contribution is 2.36. The number of rotatable bonds is 5. The summed E-state index contributed by atoms with van der Waals surface area (Å²) in [4.78, 5) is 12.2. The van der Waals surface area contributed by atoms with E-state index in [1.165, 1.54) is 6.07 Å². The van der Waals surface area contributed by atoms with Crippen LogP contribution in [0.15, 0.2) is 22.7 Å². The molecule has 0 aromatic heterocycles. The molecule has 1 fully saturated rings. The number of Topliss-reactive ketones (excluding diaryl/α,β-unsaturated/α-hetero) is 1. The maximum absolute atomic E-state index is 13.8. The molecule has 0 bridgehead atoms. The zero-order chi connectivity index (χ0) is 12.4. The lowest BCUT2D eigenvalue weighted by atomic mass is 10.0. The SMILES string of the molecule is CCOC(C(=O)c1cccc(Br)c1F)C1CC1. The second kappa shape index (κ2) is 5.27. The maximum Gasteiger partial charge on any atom is 0.194 e. The second-order valence-electron chi connectivity index (χ2n) is 4.18. The zero-order valence-corrected chi connectivity index (χ0v) is 11.2. The Labute approximate surface area is 108 Å². The summed E-state index contributed by atoms with van der Waals surface area (Å²) in [5, 5.41) is 0. The van der Waals surface area contributed by atoms with E-state index in [-0.39, 0.29) is 17.3 Å². The van der Waals surface area contributed by atoms with Gasteiger partial charge in [-0.05, 0) is 53.7 Å². The Bertz CT molecular complexity index is 429.